The van der Waals surface area contributed by atoms with Gasteiger partial charge in [-0.3, -0.25) is 9.69 Å². The molecule has 1 aliphatic heterocycles. The van der Waals surface area contributed by atoms with E-state index in [0.29, 0.717) is 48.2 Å². The minimum Gasteiger partial charge on any atom is -0.451 e. The Bertz CT molecular complexity index is 1020. The fourth-order valence-electron chi connectivity index (χ4n) is 3.19. The van der Waals surface area contributed by atoms with Crippen molar-refractivity contribution in [3.8, 4) is 0 Å². The Morgan fingerprint density at radius 2 is 2.07 bits per heavy atom. The van der Waals surface area contributed by atoms with E-state index >= 15 is 0 Å². The van der Waals surface area contributed by atoms with Gasteiger partial charge in [-0.05, 0) is 24.6 Å². The average Bonchev–Trinajstić information content (AvgIpc) is 3.43. The van der Waals surface area contributed by atoms with Gasteiger partial charge in [-0.1, -0.05) is 23.5 Å². The number of thiazole rings is 1. The quantitative estimate of drug-likeness (QED) is 0.549. The summed E-state index contributed by atoms with van der Waals surface area (Å²) < 4.78 is 18.0. The predicted molar refractivity (Wildman–Crippen MR) is 106 cm³/mol. The van der Waals surface area contributed by atoms with Gasteiger partial charge in [0.25, 0.3) is 0 Å². The summed E-state index contributed by atoms with van der Waals surface area (Å²) in [6, 6.07) is 5.95. The zero-order chi connectivity index (χ0) is 20.4. The van der Waals surface area contributed by atoms with Crippen LogP contribution in [0.15, 0.2) is 41.3 Å². The van der Waals surface area contributed by atoms with Crippen molar-refractivity contribution in [1.29, 1.82) is 0 Å². The molecule has 0 radical (unpaired) electrons. The maximum Gasteiger partial charge on any atom is 0.326 e. The molecule has 7 nitrogen and oxygen atoms in total. The van der Waals surface area contributed by atoms with Crippen molar-refractivity contribution >= 4 is 28.3 Å². The first-order valence-corrected chi connectivity index (χ1v) is 10.0. The lowest BCUT2D eigenvalue weighted by atomic mass is 10.1. The Balaban J connectivity index is 1.42. The lowest BCUT2D eigenvalue weighted by molar-refractivity contribution is 0.0985. The maximum absolute atomic E-state index is 13.1. The molecule has 150 valence electrons. The number of oxazole rings is 1. The minimum absolute atomic E-state index is 0.0240. The molecular weight excluding hydrogens is 395 g/mol. The number of nitrogens with zero attached hydrogens (tertiary/aromatic N) is 4. The molecule has 1 aliphatic rings. The molecule has 0 bridgehead atoms. The molecule has 0 saturated carbocycles. The van der Waals surface area contributed by atoms with E-state index in [9.17, 15) is 14.0 Å². The molecule has 0 atom stereocenters. The first-order valence-electron chi connectivity index (χ1n) is 9.20. The third-order valence-electron chi connectivity index (χ3n) is 4.74. The maximum atomic E-state index is 13.1. The van der Waals surface area contributed by atoms with Crippen molar-refractivity contribution in [1.82, 2.24) is 14.9 Å². The van der Waals surface area contributed by atoms with Gasteiger partial charge >= 0.3 is 6.03 Å². The summed E-state index contributed by atoms with van der Waals surface area (Å²) in [6.45, 7) is 3.23. The molecule has 29 heavy (non-hydrogen) atoms. The number of hydrogen-bond acceptors (Lipinski definition) is 6. The Labute approximate surface area is 170 Å². The first kappa shape index (κ1) is 19.3. The van der Waals surface area contributed by atoms with Crippen LogP contribution >= 0.6 is 11.3 Å². The second-order valence-corrected chi connectivity index (χ2v) is 7.77. The van der Waals surface area contributed by atoms with Crippen molar-refractivity contribution in [2.24, 2.45) is 0 Å². The number of amides is 2. The largest absolute Gasteiger partial charge is 0.451 e. The highest BCUT2D eigenvalue weighted by molar-refractivity contribution is 7.17. The number of anilines is 1. The Hall–Kier alpha value is -3.07. The number of rotatable bonds is 7. The second kappa shape index (κ2) is 8.12. The molecule has 0 spiro atoms. The monoisotopic (exact) mass is 414 g/mol. The molecule has 0 unspecified atom stereocenters. The fraction of sp³-hybridized carbons (Fsp3) is 0.300. The minimum atomic E-state index is -0.304. The summed E-state index contributed by atoms with van der Waals surface area (Å²) in [4.78, 5) is 37.7. The van der Waals surface area contributed by atoms with E-state index in [1.54, 1.807) is 28.9 Å². The number of hydrogen-bond donors (Lipinski definition) is 0. The molecule has 0 aliphatic carbocycles. The van der Waals surface area contributed by atoms with Crippen LogP contribution in [0.5, 0.6) is 0 Å². The summed E-state index contributed by atoms with van der Waals surface area (Å²) in [7, 11) is 0. The molecule has 2 aromatic heterocycles. The van der Waals surface area contributed by atoms with Gasteiger partial charge in [-0.2, -0.15) is 0 Å². The van der Waals surface area contributed by atoms with E-state index in [1.807, 2.05) is 0 Å². The van der Waals surface area contributed by atoms with Gasteiger partial charge < -0.3 is 9.32 Å². The molecule has 1 fully saturated rings. The number of Topliss-reactive ketones (excluding diaryl/α,β-unsaturated/α-hetero) is 1. The highest BCUT2D eigenvalue weighted by Gasteiger charge is 2.32. The van der Waals surface area contributed by atoms with Crippen molar-refractivity contribution < 1.29 is 18.4 Å². The van der Waals surface area contributed by atoms with Gasteiger partial charge in [0.05, 0.1) is 16.3 Å². The topological polar surface area (TPSA) is 79.5 Å². The third-order valence-corrected chi connectivity index (χ3v) is 5.96. The first-order chi connectivity index (χ1) is 14.0. The molecule has 1 aromatic carbocycles. The standard InChI is InChI=1S/C20H19FN4O3S/c1-13-18(17(26)7-6-16-11-28-12-22-16)29-19(23-13)25-9-8-24(20(25)27)10-14-2-4-15(21)5-3-14/h2-5,11-12H,6-10H2,1H3. The zero-order valence-electron chi connectivity index (χ0n) is 15.8. The lowest BCUT2D eigenvalue weighted by Gasteiger charge is -2.16. The van der Waals surface area contributed by atoms with E-state index in [0.717, 1.165) is 11.3 Å². The van der Waals surface area contributed by atoms with Crippen LogP contribution in [0.3, 0.4) is 0 Å². The van der Waals surface area contributed by atoms with E-state index in [1.165, 1.54) is 36.1 Å². The highest BCUT2D eigenvalue weighted by atomic mass is 32.1. The molecule has 9 heteroatoms. The molecule has 1 saturated heterocycles. The average molecular weight is 414 g/mol. The number of urea groups is 1. The lowest BCUT2D eigenvalue weighted by Crippen LogP contribution is -2.31. The number of benzene rings is 1. The van der Waals surface area contributed by atoms with Crippen LogP contribution < -0.4 is 4.90 Å². The number of aryl methyl sites for hydroxylation is 2. The summed E-state index contributed by atoms with van der Waals surface area (Å²) in [5.41, 5.74) is 2.22. The summed E-state index contributed by atoms with van der Waals surface area (Å²) in [6.07, 6.45) is 3.67. The number of halogens is 1. The SMILES string of the molecule is Cc1nc(N2CCN(Cc3ccc(F)cc3)C2=O)sc1C(=O)CCc1cocn1. The van der Waals surface area contributed by atoms with Gasteiger partial charge in [0.1, 0.15) is 12.1 Å². The van der Waals surface area contributed by atoms with Gasteiger partial charge in [0.2, 0.25) is 0 Å². The number of carbonyl (C=O) groups is 2. The van der Waals surface area contributed by atoms with Crippen LogP contribution in [-0.4, -0.2) is 39.8 Å². The molecule has 3 heterocycles. The Kier molecular flexibility index (Phi) is 5.39. The molecule has 0 N–H and O–H groups in total. The third kappa shape index (κ3) is 4.19. The molecule has 3 aromatic rings. The van der Waals surface area contributed by atoms with E-state index in [4.69, 9.17) is 4.42 Å². The Morgan fingerprint density at radius 3 is 2.79 bits per heavy atom. The summed E-state index contributed by atoms with van der Waals surface area (Å²) in [5.74, 6) is -0.328. The van der Waals surface area contributed by atoms with E-state index in [2.05, 4.69) is 9.97 Å². The Morgan fingerprint density at radius 1 is 1.28 bits per heavy atom. The predicted octanol–water partition coefficient (Wildman–Crippen LogP) is 3.84. The van der Waals surface area contributed by atoms with Crippen LogP contribution in [0.25, 0.3) is 0 Å². The van der Waals surface area contributed by atoms with Gasteiger partial charge in [0.15, 0.2) is 17.3 Å². The van der Waals surface area contributed by atoms with Crippen molar-refractivity contribution in [3.63, 3.8) is 0 Å². The summed E-state index contributed by atoms with van der Waals surface area (Å²) in [5, 5.41) is 0.527. The van der Waals surface area contributed by atoms with Crippen LogP contribution in [0.2, 0.25) is 0 Å². The van der Waals surface area contributed by atoms with Crippen molar-refractivity contribution in [2.45, 2.75) is 26.3 Å². The molecule has 4 rings (SSSR count). The van der Waals surface area contributed by atoms with Crippen LogP contribution in [0.1, 0.15) is 33.0 Å². The smallest absolute Gasteiger partial charge is 0.326 e. The number of carbonyl (C=O) groups excluding carboxylic acids is 2. The number of ketones is 1. The van der Waals surface area contributed by atoms with Crippen molar-refractivity contribution in [2.75, 3.05) is 18.0 Å². The number of aromatic nitrogens is 2. The normalized spacial score (nSPS) is 14.1. The van der Waals surface area contributed by atoms with Crippen molar-refractivity contribution in [3.05, 3.63) is 64.6 Å². The molecule has 2 amide bonds. The second-order valence-electron chi connectivity index (χ2n) is 6.80. The van der Waals surface area contributed by atoms with Gasteiger partial charge in [0, 0.05) is 32.5 Å². The van der Waals surface area contributed by atoms with Gasteiger partial charge in [-0.25, -0.2) is 19.2 Å². The van der Waals surface area contributed by atoms with E-state index < -0.39 is 0 Å². The highest BCUT2D eigenvalue weighted by Crippen LogP contribution is 2.30. The molecular formula is C20H19FN4O3S. The van der Waals surface area contributed by atoms with Crippen LogP contribution in [0.4, 0.5) is 14.3 Å². The van der Waals surface area contributed by atoms with Crippen LogP contribution in [-0.2, 0) is 13.0 Å². The fourth-order valence-corrected chi connectivity index (χ4v) is 4.24. The summed E-state index contributed by atoms with van der Waals surface area (Å²) >= 11 is 1.24. The van der Waals surface area contributed by atoms with Gasteiger partial charge in [-0.15, -0.1) is 0 Å². The van der Waals surface area contributed by atoms with Crippen LogP contribution in [0, 0.1) is 12.7 Å². The van der Waals surface area contributed by atoms with E-state index in [-0.39, 0.29) is 17.6 Å². The zero-order valence-corrected chi connectivity index (χ0v) is 16.6.